The third-order valence-electron chi connectivity index (χ3n) is 4.04. The lowest BCUT2D eigenvalue weighted by molar-refractivity contribution is 0.0844. The van der Waals surface area contributed by atoms with Gasteiger partial charge < -0.3 is 20.3 Å². The first-order chi connectivity index (χ1) is 9.17. The molecule has 1 saturated carbocycles. The van der Waals surface area contributed by atoms with Crippen LogP contribution in [0.25, 0.3) is 0 Å². The molecule has 0 heterocycles. The predicted molar refractivity (Wildman–Crippen MR) is 74.4 cm³/mol. The van der Waals surface area contributed by atoms with Crippen molar-refractivity contribution in [3.05, 3.63) is 23.8 Å². The van der Waals surface area contributed by atoms with Gasteiger partial charge in [-0.05, 0) is 36.5 Å². The van der Waals surface area contributed by atoms with Crippen molar-refractivity contribution in [1.29, 1.82) is 0 Å². The van der Waals surface area contributed by atoms with E-state index in [1.807, 2.05) is 18.2 Å². The number of aliphatic hydroxyl groups is 1. The lowest BCUT2D eigenvalue weighted by Crippen LogP contribution is -2.31. The highest BCUT2D eigenvalue weighted by Crippen LogP contribution is 2.35. The Hall–Kier alpha value is -1.26. The first-order valence-electron chi connectivity index (χ1n) is 6.83. The molecule has 0 spiro atoms. The van der Waals surface area contributed by atoms with Crippen LogP contribution in [0.15, 0.2) is 18.2 Å². The minimum Gasteiger partial charge on any atom is -0.493 e. The largest absolute Gasteiger partial charge is 0.493 e. The van der Waals surface area contributed by atoms with Gasteiger partial charge in [-0.2, -0.15) is 0 Å². The van der Waals surface area contributed by atoms with E-state index >= 15 is 0 Å². The van der Waals surface area contributed by atoms with Gasteiger partial charge >= 0.3 is 0 Å². The molecule has 1 aliphatic carbocycles. The van der Waals surface area contributed by atoms with E-state index in [-0.39, 0.29) is 6.04 Å². The van der Waals surface area contributed by atoms with E-state index in [4.69, 9.17) is 15.2 Å². The van der Waals surface area contributed by atoms with E-state index in [9.17, 15) is 5.11 Å². The first kappa shape index (κ1) is 14.2. The molecule has 1 aliphatic rings. The number of methoxy groups -OCH3 is 2. The standard InChI is InChI=1S/C15H23NO3/c1-18-12-8-7-11(9-13(12)19-2)14(16)15(17)10-5-3-4-6-10/h7-10,14-15,17H,3-6,16H2,1-2H3/t14-,15+/m0/s1. The Labute approximate surface area is 114 Å². The topological polar surface area (TPSA) is 64.7 Å². The fraction of sp³-hybridized carbons (Fsp3) is 0.600. The molecule has 1 fully saturated rings. The maximum absolute atomic E-state index is 10.4. The molecule has 0 saturated heterocycles. The maximum atomic E-state index is 10.4. The second kappa shape index (κ2) is 6.26. The second-order valence-electron chi connectivity index (χ2n) is 5.18. The molecule has 0 unspecified atom stereocenters. The molecule has 3 N–H and O–H groups in total. The van der Waals surface area contributed by atoms with Gasteiger partial charge in [0, 0.05) is 0 Å². The third kappa shape index (κ3) is 3.01. The van der Waals surface area contributed by atoms with Crippen molar-refractivity contribution in [3.63, 3.8) is 0 Å². The zero-order valence-electron chi connectivity index (χ0n) is 11.6. The predicted octanol–water partition coefficient (Wildman–Crippen LogP) is 2.25. The van der Waals surface area contributed by atoms with Crippen molar-refractivity contribution in [2.45, 2.75) is 37.8 Å². The van der Waals surface area contributed by atoms with Crippen molar-refractivity contribution in [3.8, 4) is 11.5 Å². The van der Waals surface area contributed by atoms with Crippen LogP contribution < -0.4 is 15.2 Å². The van der Waals surface area contributed by atoms with E-state index in [1.165, 1.54) is 12.8 Å². The molecule has 2 atom stereocenters. The number of benzene rings is 1. The van der Waals surface area contributed by atoms with Crippen LogP contribution in [-0.2, 0) is 0 Å². The van der Waals surface area contributed by atoms with Gasteiger partial charge in [0.15, 0.2) is 11.5 Å². The van der Waals surface area contributed by atoms with Crippen LogP contribution in [0.5, 0.6) is 11.5 Å². The van der Waals surface area contributed by atoms with Gasteiger partial charge in [0.25, 0.3) is 0 Å². The highest BCUT2D eigenvalue weighted by Gasteiger charge is 2.29. The van der Waals surface area contributed by atoms with Crippen LogP contribution in [0.4, 0.5) is 0 Å². The average molecular weight is 265 g/mol. The van der Waals surface area contributed by atoms with Gasteiger partial charge in [-0.3, -0.25) is 0 Å². The number of ether oxygens (including phenoxy) is 2. The summed E-state index contributed by atoms with van der Waals surface area (Å²) >= 11 is 0. The van der Waals surface area contributed by atoms with E-state index in [0.29, 0.717) is 17.4 Å². The van der Waals surface area contributed by atoms with Crippen molar-refractivity contribution in [2.75, 3.05) is 14.2 Å². The normalized spacial score (nSPS) is 19.2. The summed E-state index contributed by atoms with van der Waals surface area (Å²) < 4.78 is 10.5. The molecule has 1 aromatic carbocycles. The zero-order valence-corrected chi connectivity index (χ0v) is 11.6. The van der Waals surface area contributed by atoms with Gasteiger partial charge in [0.2, 0.25) is 0 Å². The number of hydrogen-bond donors (Lipinski definition) is 2. The molecule has 2 rings (SSSR count). The van der Waals surface area contributed by atoms with Crippen LogP contribution in [-0.4, -0.2) is 25.4 Å². The van der Waals surface area contributed by atoms with Crippen LogP contribution in [0.2, 0.25) is 0 Å². The van der Waals surface area contributed by atoms with E-state index in [0.717, 1.165) is 18.4 Å². The quantitative estimate of drug-likeness (QED) is 0.857. The Kier molecular flexibility index (Phi) is 4.66. The highest BCUT2D eigenvalue weighted by molar-refractivity contribution is 5.44. The SMILES string of the molecule is COc1ccc([C@H](N)[C@H](O)C2CCCC2)cc1OC. The Morgan fingerprint density at radius 2 is 1.79 bits per heavy atom. The summed E-state index contributed by atoms with van der Waals surface area (Å²) in [5.41, 5.74) is 7.07. The van der Waals surface area contributed by atoms with Gasteiger partial charge in [-0.25, -0.2) is 0 Å². The summed E-state index contributed by atoms with van der Waals surface area (Å²) in [5, 5.41) is 10.4. The summed E-state index contributed by atoms with van der Waals surface area (Å²) in [7, 11) is 3.20. The Bertz CT molecular complexity index is 416. The summed E-state index contributed by atoms with van der Waals surface area (Å²) in [6.45, 7) is 0. The van der Waals surface area contributed by atoms with Gasteiger partial charge in [0.05, 0.1) is 26.4 Å². The fourth-order valence-electron chi connectivity index (χ4n) is 2.85. The van der Waals surface area contributed by atoms with Crippen molar-refractivity contribution in [1.82, 2.24) is 0 Å². The number of rotatable bonds is 5. The minimum atomic E-state index is -0.486. The Morgan fingerprint density at radius 3 is 2.37 bits per heavy atom. The molecule has 4 nitrogen and oxygen atoms in total. The monoisotopic (exact) mass is 265 g/mol. The summed E-state index contributed by atoms with van der Waals surface area (Å²) in [6, 6.07) is 5.20. The van der Waals surface area contributed by atoms with Crippen molar-refractivity contribution < 1.29 is 14.6 Å². The zero-order chi connectivity index (χ0) is 13.8. The molecule has 0 amide bonds. The maximum Gasteiger partial charge on any atom is 0.161 e. The van der Waals surface area contributed by atoms with E-state index in [2.05, 4.69) is 0 Å². The summed E-state index contributed by atoms with van der Waals surface area (Å²) in [5.74, 6) is 1.64. The minimum absolute atomic E-state index is 0.322. The van der Waals surface area contributed by atoms with Crippen LogP contribution >= 0.6 is 0 Å². The molecule has 0 aliphatic heterocycles. The average Bonchev–Trinajstić information content (AvgIpc) is 2.99. The Balaban J connectivity index is 2.15. The smallest absolute Gasteiger partial charge is 0.161 e. The molecule has 4 heteroatoms. The summed E-state index contributed by atoms with van der Waals surface area (Å²) in [6.07, 6.45) is 4.05. The van der Waals surface area contributed by atoms with Gasteiger partial charge in [-0.15, -0.1) is 0 Å². The van der Waals surface area contributed by atoms with Crippen LogP contribution in [0.1, 0.15) is 37.3 Å². The molecule has 0 radical (unpaired) electrons. The lowest BCUT2D eigenvalue weighted by Gasteiger charge is -2.25. The molecule has 0 bridgehead atoms. The van der Waals surface area contributed by atoms with Gasteiger partial charge in [0.1, 0.15) is 0 Å². The Morgan fingerprint density at radius 1 is 1.16 bits per heavy atom. The van der Waals surface area contributed by atoms with Crippen molar-refractivity contribution >= 4 is 0 Å². The number of hydrogen-bond acceptors (Lipinski definition) is 4. The second-order valence-corrected chi connectivity index (χ2v) is 5.18. The molecular weight excluding hydrogens is 242 g/mol. The number of nitrogens with two attached hydrogens (primary N) is 1. The summed E-state index contributed by atoms with van der Waals surface area (Å²) in [4.78, 5) is 0. The fourth-order valence-corrected chi connectivity index (χ4v) is 2.85. The lowest BCUT2D eigenvalue weighted by atomic mass is 9.91. The first-order valence-corrected chi connectivity index (χ1v) is 6.83. The molecule has 19 heavy (non-hydrogen) atoms. The number of aliphatic hydroxyl groups excluding tert-OH is 1. The molecule has 0 aromatic heterocycles. The third-order valence-corrected chi connectivity index (χ3v) is 4.04. The van der Waals surface area contributed by atoms with E-state index < -0.39 is 6.10 Å². The molecular formula is C15H23NO3. The van der Waals surface area contributed by atoms with Crippen LogP contribution in [0.3, 0.4) is 0 Å². The van der Waals surface area contributed by atoms with Crippen LogP contribution in [0, 0.1) is 5.92 Å². The molecule has 1 aromatic rings. The van der Waals surface area contributed by atoms with Gasteiger partial charge in [-0.1, -0.05) is 18.9 Å². The highest BCUT2D eigenvalue weighted by atomic mass is 16.5. The molecule has 106 valence electrons. The van der Waals surface area contributed by atoms with Crippen molar-refractivity contribution in [2.24, 2.45) is 11.7 Å². The van der Waals surface area contributed by atoms with E-state index in [1.54, 1.807) is 14.2 Å².